The van der Waals surface area contributed by atoms with Crippen LogP contribution >= 0.6 is 24.8 Å². The molecule has 5 rings (SSSR count). The molecule has 2 N–H and O–H groups in total. The minimum Gasteiger partial charge on any atom is -0.341 e. The summed E-state index contributed by atoms with van der Waals surface area (Å²) in [5, 5.41) is 6.66. The number of amides is 1. The van der Waals surface area contributed by atoms with Gasteiger partial charge in [-0.15, -0.1) is 24.8 Å². The van der Waals surface area contributed by atoms with Crippen LogP contribution in [0.1, 0.15) is 24.1 Å². The molecule has 1 amide bonds. The summed E-state index contributed by atoms with van der Waals surface area (Å²) in [7, 11) is 0. The predicted octanol–water partition coefficient (Wildman–Crippen LogP) is 2.65. The van der Waals surface area contributed by atoms with Gasteiger partial charge in [0.1, 0.15) is 5.65 Å². The molecule has 31 heavy (non-hydrogen) atoms. The van der Waals surface area contributed by atoms with Gasteiger partial charge < -0.3 is 19.9 Å². The molecule has 0 radical (unpaired) electrons. The fourth-order valence-electron chi connectivity index (χ4n) is 4.77. The number of nitrogens with zero attached hydrogens (tertiary/aromatic N) is 3. The highest BCUT2D eigenvalue weighted by molar-refractivity contribution is 5.85. The number of carbonyl (C=O) groups excluding carboxylic acids is 1. The Morgan fingerprint density at radius 2 is 1.74 bits per heavy atom. The van der Waals surface area contributed by atoms with Crippen LogP contribution in [0.3, 0.4) is 0 Å². The molecule has 0 saturated carbocycles. The molecule has 0 bridgehead atoms. The van der Waals surface area contributed by atoms with E-state index in [2.05, 4.69) is 51.6 Å². The SMILES string of the molecule is Cl.Cl.O=C([C@@H]1CNCCN1)N1CCC(c2ccccc2)(c2cn3ccccc3n2)CC1. The Hall–Kier alpha value is -2.12. The molecule has 8 heteroatoms. The first-order valence-electron chi connectivity index (χ1n) is 10.5. The van der Waals surface area contributed by atoms with E-state index in [0.717, 1.165) is 50.4 Å². The molecular weight excluding hydrogens is 433 g/mol. The van der Waals surface area contributed by atoms with Crippen molar-refractivity contribution in [2.45, 2.75) is 24.3 Å². The zero-order valence-corrected chi connectivity index (χ0v) is 19.0. The van der Waals surface area contributed by atoms with Gasteiger partial charge in [0.2, 0.25) is 5.91 Å². The number of pyridine rings is 1. The Kier molecular flexibility index (Phi) is 7.59. The largest absolute Gasteiger partial charge is 0.341 e. The molecule has 4 heterocycles. The summed E-state index contributed by atoms with van der Waals surface area (Å²) in [6.45, 7) is 3.99. The van der Waals surface area contributed by atoms with E-state index in [1.165, 1.54) is 5.56 Å². The maximum absolute atomic E-state index is 13.0. The number of imidazole rings is 1. The van der Waals surface area contributed by atoms with Crippen LogP contribution in [-0.2, 0) is 10.2 Å². The molecule has 2 saturated heterocycles. The van der Waals surface area contributed by atoms with Crippen LogP contribution in [0.5, 0.6) is 0 Å². The molecule has 3 aromatic rings. The number of hydrogen-bond donors (Lipinski definition) is 2. The van der Waals surface area contributed by atoms with Gasteiger partial charge in [-0.1, -0.05) is 36.4 Å². The molecule has 2 aliphatic heterocycles. The smallest absolute Gasteiger partial charge is 0.241 e. The van der Waals surface area contributed by atoms with Gasteiger partial charge >= 0.3 is 0 Å². The van der Waals surface area contributed by atoms with Gasteiger partial charge in [-0.3, -0.25) is 4.79 Å². The normalized spacial score (nSPS) is 20.5. The van der Waals surface area contributed by atoms with E-state index in [-0.39, 0.29) is 42.2 Å². The second kappa shape index (κ2) is 10.0. The number of piperidine rings is 1. The van der Waals surface area contributed by atoms with Crippen LogP contribution in [0.25, 0.3) is 5.65 Å². The molecule has 0 unspecified atom stereocenters. The highest BCUT2D eigenvalue weighted by Gasteiger charge is 2.41. The van der Waals surface area contributed by atoms with Crippen LogP contribution in [0.4, 0.5) is 0 Å². The molecule has 2 aromatic heterocycles. The van der Waals surface area contributed by atoms with Crippen molar-refractivity contribution >= 4 is 36.4 Å². The van der Waals surface area contributed by atoms with Crippen molar-refractivity contribution in [3.8, 4) is 0 Å². The minimum atomic E-state index is -0.164. The number of benzene rings is 1. The molecule has 2 aliphatic rings. The maximum atomic E-state index is 13.0. The first kappa shape index (κ1) is 23.5. The van der Waals surface area contributed by atoms with E-state index in [0.29, 0.717) is 6.54 Å². The summed E-state index contributed by atoms with van der Waals surface area (Å²) in [6.07, 6.45) is 5.97. The van der Waals surface area contributed by atoms with E-state index in [9.17, 15) is 4.79 Å². The van der Waals surface area contributed by atoms with Crippen molar-refractivity contribution in [3.63, 3.8) is 0 Å². The van der Waals surface area contributed by atoms with Crippen molar-refractivity contribution in [3.05, 3.63) is 72.2 Å². The zero-order chi connectivity index (χ0) is 19.7. The first-order chi connectivity index (χ1) is 14.3. The zero-order valence-electron chi connectivity index (χ0n) is 17.4. The lowest BCUT2D eigenvalue weighted by Gasteiger charge is -2.42. The number of halogens is 2. The van der Waals surface area contributed by atoms with Gasteiger partial charge in [0.25, 0.3) is 0 Å². The Morgan fingerprint density at radius 1 is 1.00 bits per heavy atom. The third-order valence-corrected chi connectivity index (χ3v) is 6.45. The summed E-state index contributed by atoms with van der Waals surface area (Å²) in [6, 6.07) is 16.6. The van der Waals surface area contributed by atoms with Gasteiger partial charge in [0.05, 0.1) is 11.7 Å². The number of likely N-dealkylation sites (tertiary alicyclic amines) is 1. The van der Waals surface area contributed by atoms with E-state index in [1.807, 2.05) is 29.3 Å². The average Bonchev–Trinajstić information content (AvgIpc) is 3.25. The standard InChI is InChI=1S/C23H27N5O.2ClH/c29-22(19-16-24-11-12-25-19)27-14-9-23(10-15-27,18-6-2-1-3-7-18)20-17-28-13-5-4-8-21(28)26-20;;/h1-8,13,17,19,24-25H,9-12,14-16H2;2*1H/t19-;;/m0../s1. The van der Waals surface area contributed by atoms with Gasteiger partial charge in [-0.05, 0) is 30.5 Å². The predicted molar refractivity (Wildman–Crippen MR) is 127 cm³/mol. The van der Waals surface area contributed by atoms with Crippen molar-refractivity contribution in [1.82, 2.24) is 24.9 Å². The van der Waals surface area contributed by atoms with Crippen LogP contribution in [0.15, 0.2) is 60.9 Å². The number of carbonyl (C=O) groups is 1. The van der Waals surface area contributed by atoms with Gasteiger partial charge in [0.15, 0.2) is 0 Å². The Balaban J connectivity index is 0.00000136. The fourth-order valence-corrected chi connectivity index (χ4v) is 4.77. The van der Waals surface area contributed by atoms with Crippen LogP contribution < -0.4 is 10.6 Å². The monoisotopic (exact) mass is 461 g/mol. The lowest BCUT2D eigenvalue weighted by molar-refractivity contribution is -0.135. The number of aromatic nitrogens is 2. The number of nitrogens with one attached hydrogen (secondary N) is 2. The molecule has 6 nitrogen and oxygen atoms in total. The first-order valence-corrected chi connectivity index (χ1v) is 10.5. The second-order valence-corrected chi connectivity index (χ2v) is 8.08. The molecule has 1 atom stereocenters. The summed E-state index contributed by atoms with van der Waals surface area (Å²) in [5.41, 5.74) is 3.18. The molecule has 1 aromatic carbocycles. The van der Waals surface area contributed by atoms with E-state index in [4.69, 9.17) is 4.98 Å². The third-order valence-electron chi connectivity index (χ3n) is 6.45. The quantitative estimate of drug-likeness (QED) is 0.629. The minimum absolute atomic E-state index is 0. The summed E-state index contributed by atoms with van der Waals surface area (Å²) in [5.74, 6) is 0.217. The van der Waals surface area contributed by atoms with Crippen molar-refractivity contribution < 1.29 is 4.79 Å². The average molecular weight is 462 g/mol. The number of rotatable bonds is 3. The van der Waals surface area contributed by atoms with E-state index >= 15 is 0 Å². The van der Waals surface area contributed by atoms with Crippen LogP contribution in [-0.4, -0.2) is 59.0 Å². The van der Waals surface area contributed by atoms with Crippen molar-refractivity contribution in [1.29, 1.82) is 0 Å². The Bertz CT molecular complexity index is 962. The van der Waals surface area contributed by atoms with Crippen molar-refractivity contribution in [2.24, 2.45) is 0 Å². The lowest BCUT2D eigenvalue weighted by atomic mass is 9.70. The van der Waals surface area contributed by atoms with Gasteiger partial charge in [-0.25, -0.2) is 4.98 Å². The third kappa shape index (κ3) is 4.44. The molecular formula is C23H29Cl2N5O. The highest BCUT2D eigenvalue weighted by Crippen LogP contribution is 2.41. The number of hydrogen-bond acceptors (Lipinski definition) is 4. The second-order valence-electron chi connectivity index (χ2n) is 8.08. The number of fused-ring (bicyclic) bond motifs is 1. The molecule has 0 spiro atoms. The van der Waals surface area contributed by atoms with Crippen LogP contribution in [0, 0.1) is 0 Å². The Labute approximate surface area is 195 Å². The molecule has 2 fully saturated rings. The molecule has 0 aliphatic carbocycles. The van der Waals surface area contributed by atoms with Gasteiger partial charge in [0, 0.05) is 50.5 Å². The highest BCUT2D eigenvalue weighted by atomic mass is 35.5. The molecule has 166 valence electrons. The fraction of sp³-hybridized carbons (Fsp3) is 0.391. The van der Waals surface area contributed by atoms with Gasteiger partial charge in [-0.2, -0.15) is 0 Å². The lowest BCUT2D eigenvalue weighted by Crippen LogP contribution is -2.58. The van der Waals surface area contributed by atoms with E-state index < -0.39 is 0 Å². The summed E-state index contributed by atoms with van der Waals surface area (Å²) < 4.78 is 2.09. The summed E-state index contributed by atoms with van der Waals surface area (Å²) in [4.78, 5) is 20.0. The maximum Gasteiger partial charge on any atom is 0.241 e. The van der Waals surface area contributed by atoms with Crippen molar-refractivity contribution in [2.75, 3.05) is 32.7 Å². The van der Waals surface area contributed by atoms with E-state index in [1.54, 1.807) is 0 Å². The summed E-state index contributed by atoms with van der Waals surface area (Å²) >= 11 is 0. The Morgan fingerprint density at radius 3 is 2.42 bits per heavy atom. The number of piperazine rings is 1. The van der Waals surface area contributed by atoms with Crippen LogP contribution in [0.2, 0.25) is 0 Å². The topological polar surface area (TPSA) is 61.7 Å².